The van der Waals surface area contributed by atoms with E-state index in [9.17, 15) is 9.59 Å². The van der Waals surface area contributed by atoms with Gasteiger partial charge in [-0.3, -0.25) is 9.59 Å². The Morgan fingerprint density at radius 3 is 2.60 bits per heavy atom. The molecule has 0 aliphatic rings. The van der Waals surface area contributed by atoms with Gasteiger partial charge in [0, 0.05) is 24.9 Å². The van der Waals surface area contributed by atoms with Crippen LogP contribution >= 0.6 is 0 Å². The van der Waals surface area contributed by atoms with Gasteiger partial charge in [0.25, 0.3) is 0 Å². The molecule has 0 unspecified atom stereocenters. The summed E-state index contributed by atoms with van der Waals surface area (Å²) in [6, 6.07) is 7.22. The fourth-order valence-corrected chi connectivity index (χ4v) is 2.31. The zero-order valence-electron chi connectivity index (χ0n) is 14.3. The lowest BCUT2D eigenvalue weighted by Crippen LogP contribution is -2.36. The van der Waals surface area contributed by atoms with Gasteiger partial charge in [0.2, 0.25) is 17.6 Å². The minimum absolute atomic E-state index is 0.123. The Kier molecular flexibility index (Phi) is 6.50. The number of carbonyl (C=O) groups is 2. The molecule has 2 rings (SSSR count). The second-order valence-corrected chi connectivity index (χ2v) is 5.45. The van der Waals surface area contributed by atoms with Crippen molar-refractivity contribution in [3.05, 3.63) is 30.2 Å². The van der Waals surface area contributed by atoms with Gasteiger partial charge in [0.15, 0.2) is 0 Å². The zero-order chi connectivity index (χ0) is 18.2. The first-order chi connectivity index (χ1) is 12.0. The van der Waals surface area contributed by atoms with E-state index >= 15 is 0 Å². The Morgan fingerprint density at radius 1 is 1.28 bits per heavy atom. The van der Waals surface area contributed by atoms with Crippen molar-refractivity contribution >= 4 is 11.9 Å². The molecule has 0 aliphatic carbocycles. The summed E-state index contributed by atoms with van der Waals surface area (Å²) < 4.78 is 10.3. The number of hydrogen-bond donors (Lipinski definition) is 1. The SMILES string of the molecule is CCCN(CC(=O)O)C(=O)CCc1nc(-c2ccc(OC)cc2)no1. The molecule has 8 nitrogen and oxygen atoms in total. The van der Waals surface area contributed by atoms with Gasteiger partial charge in [-0.15, -0.1) is 0 Å². The monoisotopic (exact) mass is 347 g/mol. The van der Waals surface area contributed by atoms with Crippen molar-refractivity contribution in [2.75, 3.05) is 20.2 Å². The minimum Gasteiger partial charge on any atom is -0.497 e. The van der Waals surface area contributed by atoms with E-state index in [0.29, 0.717) is 24.7 Å². The molecule has 0 fully saturated rings. The molecule has 0 saturated heterocycles. The van der Waals surface area contributed by atoms with E-state index in [4.69, 9.17) is 14.4 Å². The molecule has 0 saturated carbocycles. The Balaban J connectivity index is 1.95. The molecule has 2 aromatic rings. The Labute approximate surface area is 145 Å². The first kappa shape index (κ1) is 18.4. The molecule has 1 N–H and O–H groups in total. The highest BCUT2D eigenvalue weighted by molar-refractivity contribution is 5.81. The van der Waals surface area contributed by atoms with Crippen LogP contribution in [0.3, 0.4) is 0 Å². The van der Waals surface area contributed by atoms with E-state index in [-0.39, 0.29) is 25.3 Å². The highest BCUT2D eigenvalue weighted by atomic mass is 16.5. The van der Waals surface area contributed by atoms with Gasteiger partial charge >= 0.3 is 5.97 Å². The van der Waals surface area contributed by atoms with Crippen LogP contribution in [0.4, 0.5) is 0 Å². The predicted octanol–water partition coefficient (Wildman–Crippen LogP) is 2.00. The number of aliphatic carboxylic acids is 1. The number of methoxy groups -OCH3 is 1. The number of carbonyl (C=O) groups excluding carboxylic acids is 1. The average molecular weight is 347 g/mol. The van der Waals surface area contributed by atoms with Crippen LogP contribution in [0.5, 0.6) is 5.75 Å². The largest absolute Gasteiger partial charge is 0.497 e. The zero-order valence-corrected chi connectivity index (χ0v) is 14.3. The van der Waals surface area contributed by atoms with Gasteiger partial charge in [-0.1, -0.05) is 12.1 Å². The third kappa shape index (κ3) is 5.30. The van der Waals surface area contributed by atoms with Crippen molar-refractivity contribution in [2.24, 2.45) is 0 Å². The first-order valence-electron chi connectivity index (χ1n) is 8.00. The minimum atomic E-state index is -1.03. The van der Waals surface area contributed by atoms with Crippen molar-refractivity contribution in [2.45, 2.75) is 26.2 Å². The molecule has 0 atom stereocenters. The smallest absolute Gasteiger partial charge is 0.323 e. The highest BCUT2D eigenvalue weighted by Crippen LogP contribution is 2.20. The number of carboxylic acid groups (broad SMARTS) is 1. The van der Waals surface area contributed by atoms with Gasteiger partial charge in [0.05, 0.1) is 7.11 Å². The fraction of sp³-hybridized carbons (Fsp3) is 0.412. The molecule has 0 radical (unpaired) electrons. The molecule has 0 spiro atoms. The van der Waals surface area contributed by atoms with Crippen LogP contribution in [0.2, 0.25) is 0 Å². The normalized spacial score (nSPS) is 10.5. The van der Waals surface area contributed by atoms with Gasteiger partial charge < -0.3 is 19.3 Å². The molecule has 1 aromatic carbocycles. The van der Waals surface area contributed by atoms with Crippen LogP contribution in [0.1, 0.15) is 25.7 Å². The Bertz CT molecular complexity index is 711. The van der Waals surface area contributed by atoms with Crippen molar-refractivity contribution in [3.63, 3.8) is 0 Å². The summed E-state index contributed by atoms with van der Waals surface area (Å²) in [6.07, 6.45) is 1.08. The molecule has 1 aromatic heterocycles. The molecule has 8 heteroatoms. The molecular formula is C17H21N3O5. The lowest BCUT2D eigenvalue weighted by Gasteiger charge is -2.19. The Morgan fingerprint density at radius 2 is 2.00 bits per heavy atom. The predicted molar refractivity (Wildman–Crippen MR) is 89.1 cm³/mol. The van der Waals surface area contributed by atoms with E-state index in [0.717, 1.165) is 11.3 Å². The lowest BCUT2D eigenvalue weighted by atomic mass is 10.2. The number of nitrogens with zero attached hydrogens (tertiary/aromatic N) is 3. The molecule has 0 bridgehead atoms. The van der Waals surface area contributed by atoms with E-state index in [1.54, 1.807) is 19.2 Å². The first-order valence-corrected chi connectivity index (χ1v) is 8.00. The number of hydrogen-bond acceptors (Lipinski definition) is 6. The summed E-state index contributed by atoms with van der Waals surface area (Å²) in [4.78, 5) is 28.6. The summed E-state index contributed by atoms with van der Waals surface area (Å²) in [6.45, 7) is 2.00. The fourth-order valence-electron chi connectivity index (χ4n) is 2.31. The molecule has 134 valence electrons. The van der Waals surface area contributed by atoms with Crippen LogP contribution in [0.15, 0.2) is 28.8 Å². The average Bonchev–Trinajstić information content (AvgIpc) is 3.08. The third-order valence-corrected chi connectivity index (χ3v) is 3.54. The van der Waals surface area contributed by atoms with E-state index in [1.807, 2.05) is 19.1 Å². The summed E-state index contributed by atoms with van der Waals surface area (Å²) in [7, 11) is 1.59. The van der Waals surface area contributed by atoms with Crippen LogP contribution in [0.25, 0.3) is 11.4 Å². The third-order valence-electron chi connectivity index (χ3n) is 3.54. The van der Waals surface area contributed by atoms with Crippen LogP contribution in [0, 0.1) is 0 Å². The van der Waals surface area contributed by atoms with E-state index in [1.165, 1.54) is 4.90 Å². The number of ether oxygens (including phenoxy) is 1. The number of carboxylic acids is 1. The van der Waals surface area contributed by atoms with Crippen LogP contribution < -0.4 is 4.74 Å². The maximum Gasteiger partial charge on any atom is 0.323 e. The molecule has 1 amide bonds. The van der Waals surface area contributed by atoms with E-state index < -0.39 is 5.97 Å². The summed E-state index contributed by atoms with van der Waals surface area (Å²) in [5.41, 5.74) is 0.778. The number of aromatic nitrogens is 2. The number of amides is 1. The van der Waals surface area contributed by atoms with Crippen molar-refractivity contribution in [1.82, 2.24) is 15.0 Å². The molecule has 25 heavy (non-hydrogen) atoms. The van der Waals surface area contributed by atoms with Gasteiger partial charge in [-0.25, -0.2) is 0 Å². The maximum atomic E-state index is 12.1. The van der Waals surface area contributed by atoms with E-state index in [2.05, 4.69) is 10.1 Å². The van der Waals surface area contributed by atoms with Gasteiger partial charge in [-0.05, 0) is 30.7 Å². The summed E-state index contributed by atoms with van der Waals surface area (Å²) >= 11 is 0. The summed E-state index contributed by atoms with van der Waals surface area (Å²) in [5, 5.41) is 12.8. The number of aryl methyl sites for hydroxylation is 1. The molecule has 0 aliphatic heterocycles. The topological polar surface area (TPSA) is 106 Å². The molecule has 1 heterocycles. The van der Waals surface area contributed by atoms with Gasteiger partial charge in [-0.2, -0.15) is 4.98 Å². The van der Waals surface area contributed by atoms with Crippen molar-refractivity contribution < 1.29 is 24.0 Å². The highest BCUT2D eigenvalue weighted by Gasteiger charge is 2.17. The quantitative estimate of drug-likeness (QED) is 0.739. The standard InChI is InChI=1S/C17H21N3O5/c1-3-10-20(11-16(22)23)15(21)9-8-14-18-17(19-25-14)12-4-6-13(24-2)7-5-12/h4-7H,3,8-11H2,1-2H3,(H,22,23). The van der Waals surface area contributed by atoms with Crippen LogP contribution in [-0.2, 0) is 16.0 Å². The number of benzene rings is 1. The second-order valence-electron chi connectivity index (χ2n) is 5.45. The summed E-state index contributed by atoms with van der Waals surface area (Å²) in [5.74, 6) is 0.231. The van der Waals surface area contributed by atoms with Crippen molar-refractivity contribution in [3.8, 4) is 17.1 Å². The second kappa shape index (κ2) is 8.81. The Hall–Kier alpha value is -2.90. The number of rotatable bonds is 9. The lowest BCUT2D eigenvalue weighted by molar-refractivity contribution is -0.144. The van der Waals surface area contributed by atoms with Gasteiger partial charge in [0.1, 0.15) is 12.3 Å². The molecular weight excluding hydrogens is 326 g/mol. The van der Waals surface area contributed by atoms with Crippen LogP contribution in [-0.4, -0.2) is 52.2 Å². The maximum absolute atomic E-state index is 12.1. The van der Waals surface area contributed by atoms with Crippen molar-refractivity contribution in [1.29, 1.82) is 0 Å².